The highest BCUT2D eigenvalue weighted by Crippen LogP contribution is 2.20. The van der Waals surface area contributed by atoms with E-state index in [2.05, 4.69) is 20.9 Å². The van der Waals surface area contributed by atoms with Gasteiger partial charge in [-0.15, -0.1) is 0 Å². The maximum atomic E-state index is 12.1. The van der Waals surface area contributed by atoms with Crippen molar-refractivity contribution in [3.05, 3.63) is 28.5 Å². The number of likely N-dealkylation sites (tertiary alicyclic amines) is 1. The van der Waals surface area contributed by atoms with Gasteiger partial charge in [-0.25, -0.2) is 0 Å². The Bertz CT molecular complexity index is 397. The fourth-order valence-corrected chi connectivity index (χ4v) is 2.24. The second-order valence-electron chi connectivity index (χ2n) is 3.75. The van der Waals surface area contributed by atoms with Crippen LogP contribution in [0, 0.1) is 0 Å². The van der Waals surface area contributed by atoms with Crippen molar-refractivity contribution >= 4 is 21.8 Å². The number of carbonyl (C=O) groups is 1. The summed E-state index contributed by atoms with van der Waals surface area (Å²) >= 11 is 3.33. The summed E-state index contributed by atoms with van der Waals surface area (Å²) in [6, 6.07) is 1.73. The first-order valence-electron chi connectivity index (χ1n) is 5.14. The van der Waals surface area contributed by atoms with Crippen LogP contribution in [0.15, 0.2) is 22.9 Å². The molecule has 0 bridgehead atoms. The predicted molar refractivity (Wildman–Crippen MR) is 63.3 cm³/mol. The number of nitrogens with zero attached hydrogens (tertiary/aromatic N) is 2. The van der Waals surface area contributed by atoms with Crippen molar-refractivity contribution in [1.29, 1.82) is 0 Å². The van der Waals surface area contributed by atoms with Crippen LogP contribution in [0.4, 0.5) is 0 Å². The minimum absolute atomic E-state index is 0.0359. The molecule has 1 aromatic heterocycles. The molecule has 0 spiro atoms. The lowest BCUT2D eigenvalue weighted by molar-refractivity contribution is 0.0723. The second-order valence-corrected chi connectivity index (χ2v) is 4.61. The summed E-state index contributed by atoms with van der Waals surface area (Å²) in [4.78, 5) is 17.9. The molecule has 1 unspecified atom stereocenters. The lowest BCUT2D eigenvalue weighted by Gasteiger charge is -2.16. The van der Waals surface area contributed by atoms with Crippen LogP contribution < -0.4 is 0 Å². The van der Waals surface area contributed by atoms with Crippen LogP contribution in [0.3, 0.4) is 0 Å². The van der Waals surface area contributed by atoms with Gasteiger partial charge < -0.3 is 9.64 Å². The monoisotopic (exact) mass is 284 g/mol. The van der Waals surface area contributed by atoms with Crippen LogP contribution >= 0.6 is 15.9 Å². The first-order valence-corrected chi connectivity index (χ1v) is 5.93. The Morgan fingerprint density at radius 3 is 3.12 bits per heavy atom. The number of pyridine rings is 1. The summed E-state index contributed by atoms with van der Waals surface area (Å²) in [5.41, 5.74) is 0.659. The highest BCUT2D eigenvalue weighted by Gasteiger charge is 2.27. The third-order valence-corrected chi connectivity index (χ3v) is 3.40. The summed E-state index contributed by atoms with van der Waals surface area (Å²) in [6.07, 6.45) is 4.34. The SMILES string of the molecule is COC1CCN(C(=O)c2ccncc2Br)C1. The summed E-state index contributed by atoms with van der Waals surface area (Å²) in [5, 5.41) is 0. The van der Waals surface area contributed by atoms with E-state index in [9.17, 15) is 4.79 Å². The van der Waals surface area contributed by atoms with E-state index in [0.29, 0.717) is 12.1 Å². The number of aromatic nitrogens is 1. The molecule has 1 amide bonds. The van der Waals surface area contributed by atoms with E-state index in [1.165, 1.54) is 0 Å². The van der Waals surface area contributed by atoms with Crippen LogP contribution in [0.2, 0.25) is 0 Å². The highest BCUT2D eigenvalue weighted by atomic mass is 79.9. The van der Waals surface area contributed by atoms with Crippen molar-refractivity contribution < 1.29 is 9.53 Å². The van der Waals surface area contributed by atoms with E-state index in [0.717, 1.165) is 17.4 Å². The predicted octanol–water partition coefficient (Wildman–Crippen LogP) is 1.71. The number of ether oxygens (including phenoxy) is 1. The number of hydrogen-bond donors (Lipinski definition) is 0. The second kappa shape index (κ2) is 4.93. The third kappa shape index (κ3) is 2.25. The van der Waals surface area contributed by atoms with Crippen LogP contribution in [0.25, 0.3) is 0 Å². The normalized spacial score (nSPS) is 20.1. The first kappa shape index (κ1) is 11.5. The number of halogens is 1. The van der Waals surface area contributed by atoms with Gasteiger partial charge in [0.15, 0.2) is 0 Å². The first-order chi connectivity index (χ1) is 7.72. The van der Waals surface area contributed by atoms with E-state index in [1.807, 2.05) is 4.90 Å². The molecule has 0 saturated carbocycles. The van der Waals surface area contributed by atoms with Crippen LogP contribution in [0.5, 0.6) is 0 Å². The number of methoxy groups -OCH3 is 1. The van der Waals surface area contributed by atoms with Crippen molar-refractivity contribution in [2.75, 3.05) is 20.2 Å². The van der Waals surface area contributed by atoms with Gasteiger partial charge in [0.05, 0.1) is 11.7 Å². The van der Waals surface area contributed by atoms with Crippen molar-refractivity contribution in [2.45, 2.75) is 12.5 Å². The maximum absolute atomic E-state index is 12.1. The average molecular weight is 285 g/mol. The molecule has 0 N–H and O–H groups in total. The van der Waals surface area contributed by atoms with Gasteiger partial charge in [0.2, 0.25) is 0 Å². The van der Waals surface area contributed by atoms with Gasteiger partial charge in [-0.1, -0.05) is 0 Å². The summed E-state index contributed by atoms with van der Waals surface area (Å²) in [7, 11) is 1.68. The number of hydrogen-bond acceptors (Lipinski definition) is 3. The quantitative estimate of drug-likeness (QED) is 0.830. The molecule has 1 atom stereocenters. The minimum Gasteiger partial charge on any atom is -0.380 e. The van der Waals surface area contributed by atoms with Gasteiger partial charge in [-0.05, 0) is 28.4 Å². The molecule has 1 saturated heterocycles. The largest absolute Gasteiger partial charge is 0.380 e. The summed E-state index contributed by atoms with van der Waals surface area (Å²) < 4.78 is 5.98. The Balaban J connectivity index is 2.12. The fraction of sp³-hybridized carbons (Fsp3) is 0.455. The van der Waals surface area contributed by atoms with Gasteiger partial charge in [0.1, 0.15) is 0 Å². The Morgan fingerprint density at radius 2 is 2.50 bits per heavy atom. The molecule has 1 aliphatic rings. The van der Waals surface area contributed by atoms with Crippen molar-refractivity contribution in [1.82, 2.24) is 9.88 Å². The molecular weight excluding hydrogens is 272 g/mol. The van der Waals surface area contributed by atoms with E-state index in [-0.39, 0.29) is 12.0 Å². The van der Waals surface area contributed by atoms with Gasteiger partial charge >= 0.3 is 0 Å². The zero-order valence-corrected chi connectivity index (χ0v) is 10.6. The highest BCUT2D eigenvalue weighted by molar-refractivity contribution is 9.10. The Hall–Kier alpha value is -0.940. The van der Waals surface area contributed by atoms with Crippen LogP contribution in [-0.2, 0) is 4.74 Å². The van der Waals surface area contributed by atoms with Gasteiger partial charge in [-0.2, -0.15) is 0 Å². The van der Waals surface area contributed by atoms with Gasteiger partial charge in [0.25, 0.3) is 5.91 Å². The molecule has 16 heavy (non-hydrogen) atoms. The molecule has 0 aromatic carbocycles. The van der Waals surface area contributed by atoms with Crippen LogP contribution in [-0.4, -0.2) is 42.1 Å². The lowest BCUT2D eigenvalue weighted by atomic mass is 10.2. The van der Waals surface area contributed by atoms with E-state index in [1.54, 1.807) is 25.6 Å². The van der Waals surface area contributed by atoms with Crippen molar-refractivity contribution in [3.8, 4) is 0 Å². The third-order valence-electron chi connectivity index (χ3n) is 2.77. The average Bonchev–Trinajstić information content (AvgIpc) is 2.77. The molecule has 86 valence electrons. The summed E-state index contributed by atoms with van der Waals surface area (Å²) in [6.45, 7) is 1.43. The van der Waals surface area contributed by atoms with Crippen molar-refractivity contribution in [3.63, 3.8) is 0 Å². The summed E-state index contributed by atoms with van der Waals surface area (Å²) in [5.74, 6) is 0.0359. The zero-order chi connectivity index (χ0) is 11.5. The van der Waals surface area contributed by atoms with Crippen LogP contribution in [0.1, 0.15) is 16.8 Å². The Morgan fingerprint density at radius 1 is 1.69 bits per heavy atom. The molecule has 5 heteroatoms. The topological polar surface area (TPSA) is 42.4 Å². The lowest BCUT2D eigenvalue weighted by Crippen LogP contribution is -2.30. The Labute approximate surface area is 103 Å². The molecule has 1 aromatic rings. The van der Waals surface area contributed by atoms with E-state index < -0.39 is 0 Å². The molecule has 4 nitrogen and oxygen atoms in total. The number of carbonyl (C=O) groups excluding carboxylic acids is 1. The molecule has 0 aliphatic carbocycles. The number of amides is 1. The molecule has 2 heterocycles. The van der Waals surface area contributed by atoms with Gasteiger partial charge in [-0.3, -0.25) is 9.78 Å². The maximum Gasteiger partial charge on any atom is 0.255 e. The standard InChI is InChI=1S/C11H13BrN2O2/c1-16-8-3-5-14(7-8)11(15)9-2-4-13-6-10(9)12/h2,4,6,8H,3,5,7H2,1H3. The number of rotatable bonds is 2. The minimum atomic E-state index is 0.0359. The molecular formula is C11H13BrN2O2. The smallest absolute Gasteiger partial charge is 0.255 e. The molecule has 1 aliphatic heterocycles. The fourth-order valence-electron chi connectivity index (χ4n) is 1.82. The molecule has 1 fully saturated rings. The zero-order valence-electron chi connectivity index (χ0n) is 9.02. The van der Waals surface area contributed by atoms with Crippen molar-refractivity contribution in [2.24, 2.45) is 0 Å². The molecule has 2 rings (SSSR count). The van der Waals surface area contributed by atoms with Gasteiger partial charge in [0, 0.05) is 37.1 Å². The Kier molecular flexibility index (Phi) is 3.56. The molecule has 0 radical (unpaired) electrons. The van der Waals surface area contributed by atoms with E-state index in [4.69, 9.17) is 4.74 Å². The van der Waals surface area contributed by atoms with E-state index >= 15 is 0 Å².